The maximum absolute atomic E-state index is 9.04. The van der Waals surface area contributed by atoms with E-state index in [1.54, 1.807) is 18.3 Å². The molecule has 1 heterocycles. The molecule has 0 amide bonds. The van der Waals surface area contributed by atoms with Gasteiger partial charge in [0.2, 0.25) is 5.88 Å². The van der Waals surface area contributed by atoms with Crippen molar-refractivity contribution in [2.75, 3.05) is 0 Å². The molecule has 17 heavy (non-hydrogen) atoms. The Morgan fingerprint density at radius 3 is 2.76 bits per heavy atom. The van der Waals surface area contributed by atoms with Gasteiger partial charge < -0.3 is 9.84 Å². The Morgan fingerprint density at radius 2 is 2.00 bits per heavy atom. The molecule has 0 aliphatic carbocycles. The van der Waals surface area contributed by atoms with E-state index in [1.165, 1.54) is 0 Å². The zero-order chi connectivity index (χ0) is 12.3. The Balaban J connectivity index is 2.27. The van der Waals surface area contributed by atoms with E-state index in [0.29, 0.717) is 5.88 Å². The third-order valence-electron chi connectivity index (χ3n) is 2.54. The van der Waals surface area contributed by atoms with Crippen molar-refractivity contribution < 1.29 is 9.84 Å². The van der Waals surface area contributed by atoms with Gasteiger partial charge in [-0.05, 0) is 42.7 Å². The number of aliphatic hydroxyl groups is 1. The van der Waals surface area contributed by atoms with Crippen LogP contribution in [0.15, 0.2) is 36.5 Å². The second-order valence-electron chi connectivity index (χ2n) is 4.03. The van der Waals surface area contributed by atoms with Crippen LogP contribution in [0.3, 0.4) is 0 Å². The topological polar surface area (TPSA) is 42.4 Å². The van der Waals surface area contributed by atoms with Gasteiger partial charge >= 0.3 is 0 Å². The normalized spacial score (nSPS) is 10.3. The minimum absolute atomic E-state index is 0.00825. The summed E-state index contributed by atoms with van der Waals surface area (Å²) in [7, 11) is 0. The second-order valence-corrected chi connectivity index (χ2v) is 4.03. The zero-order valence-corrected chi connectivity index (χ0v) is 9.97. The molecule has 0 spiro atoms. The van der Waals surface area contributed by atoms with Gasteiger partial charge in [0.05, 0.1) is 6.61 Å². The lowest BCUT2D eigenvalue weighted by Crippen LogP contribution is -1.92. The van der Waals surface area contributed by atoms with Gasteiger partial charge in [0.15, 0.2) is 0 Å². The Hall–Kier alpha value is -1.87. The van der Waals surface area contributed by atoms with E-state index in [9.17, 15) is 0 Å². The van der Waals surface area contributed by atoms with Crippen LogP contribution in [-0.4, -0.2) is 10.1 Å². The van der Waals surface area contributed by atoms with E-state index < -0.39 is 0 Å². The van der Waals surface area contributed by atoms with E-state index in [4.69, 9.17) is 9.84 Å². The number of pyridine rings is 1. The second kappa shape index (κ2) is 4.97. The van der Waals surface area contributed by atoms with Crippen LogP contribution in [0.4, 0.5) is 0 Å². The van der Waals surface area contributed by atoms with Gasteiger partial charge in [0, 0.05) is 12.3 Å². The van der Waals surface area contributed by atoms with Gasteiger partial charge in [-0.2, -0.15) is 0 Å². The largest absolute Gasteiger partial charge is 0.439 e. The van der Waals surface area contributed by atoms with Crippen LogP contribution in [0.25, 0.3) is 0 Å². The van der Waals surface area contributed by atoms with Crippen LogP contribution in [-0.2, 0) is 6.61 Å². The fourth-order valence-corrected chi connectivity index (χ4v) is 1.53. The first-order valence-corrected chi connectivity index (χ1v) is 5.50. The van der Waals surface area contributed by atoms with Crippen LogP contribution >= 0.6 is 0 Å². The Kier molecular flexibility index (Phi) is 3.40. The summed E-state index contributed by atoms with van der Waals surface area (Å²) in [6, 6.07) is 9.53. The molecule has 2 aromatic rings. The minimum Gasteiger partial charge on any atom is -0.439 e. The van der Waals surface area contributed by atoms with Crippen molar-refractivity contribution in [1.29, 1.82) is 0 Å². The summed E-state index contributed by atoms with van der Waals surface area (Å²) in [6.07, 6.45) is 1.63. The van der Waals surface area contributed by atoms with Gasteiger partial charge in [-0.15, -0.1) is 0 Å². The Labute approximate surface area is 101 Å². The van der Waals surface area contributed by atoms with Crippen LogP contribution < -0.4 is 4.74 Å². The lowest BCUT2D eigenvalue weighted by molar-refractivity contribution is 0.281. The van der Waals surface area contributed by atoms with E-state index >= 15 is 0 Å². The average molecular weight is 229 g/mol. The summed E-state index contributed by atoms with van der Waals surface area (Å²) >= 11 is 0. The van der Waals surface area contributed by atoms with Crippen molar-refractivity contribution in [3.8, 4) is 11.6 Å². The fourth-order valence-electron chi connectivity index (χ4n) is 1.53. The first kappa shape index (κ1) is 11.6. The monoisotopic (exact) mass is 229 g/mol. The van der Waals surface area contributed by atoms with E-state index in [1.807, 2.05) is 32.0 Å². The summed E-state index contributed by atoms with van der Waals surface area (Å²) in [5.74, 6) is 1.30. The summed E-state index contributed by atoms with van der Waals surface area (Å²) in [6.45, 7) is 4.00. The quantitative estimate of drug-likeness (QED) is 0.879. The highest BCUT2D eigenvalue weighted by molar-refractivity contribution is 5.38. The molecule has 3 nitrogen and oxygen atoms in total. The number of aromatic nitrogens is 1. The molecule has 88 valence electrons. The van der Waals surface area contributed by atoms with Crippen LogP contribution in [0, 0.1) is 13.8 Å². The molecule has 3 heteroatoms. The number of rotatable bonds is 3. The van der Waals surface area contributed by atoms with E-state index in [0.717, 1.165) is 22.4 Å². The number of aryl methyl sites for hydroxylation is 2. The molecule has 1 N–H and O–H groups in total. The van der Waals surface area contributed by atoms with Crippen molar-refractivity contribution in [2.45, 2.75) is 20.5 Å². The summed E-state index contributed by atoms with van der Waals surface area (Å²) in [5.41, 5.74) is 3.00. The summed E-state index contributed by atoms with van der Waals surface area (Å²) in [5, 5.41) is 9.04. The standard InChI is InChI=1S/C14H15NO2/c1-10-3-4-11(2)13(7-10)17-14-8-12(9-16)5-6-15-14/h3-8,16H,9H2,1-2H3. The van der Waals surface area contributed by atoms with Crippen molar-refractivity contribution in [2.24, 2.45) is 0 Å². The van der Waals surface area contributed by atoms with Crippen molar-refractivity contribution in [1.82, 2.24) is 4.98 Å². The van der Waals surface area contributed by atoms with Gasteiger partial charge in [-0.25, -0.2) is 4.98 Å². The molecular weight excluding hydrogens is 214 g/mol. The summed E-state index contributed by atoms with van der Waals surface area (Å²) in [4.78, 5) is 4.12. The van der Waals surface area contributed by atoms with E-state index in [-0.39, 0.29) is 6.61 Å². The molecule has 0 aliphatic rings. The molecule has 1 aromatic carbocycles. The number of hydrogen-bond acceptors (Lipinski definition) is 3. The predicted molar refractivity (Wildman–Crippen MR) is 66.1 cm³/mol. The van der Waals surface area contributed by atoms with Gasteiger partial charge in [-0.3, -0.25) is 0 Å². The molecule has 0 bridgehead atoms. The molecule has 0 fully saturated rings. The minimum atomic E-state index is -0.00825. The van der Waals surface area contributed by atoms with Crippen molar-refractivity contribution in [3.63, 3.8) is 0 Å². The molecule has 0 unspecified atom stereocenters. The van der Waals surface area contributed by atoms with Crippen molar-refractivity contribution in [3.05, 3.63) is 53.2 Å². The number of hydrogen-bond donors (Lipinski definition) is 1. The zero-order valence-electron chi connectivity index (χ0n) is 9.97. The van der Waals surface area contributed by atoms with Crippen molar-refractivity contribution >= 4 is 0 Å². The third-order valence-corrected chi connectivity index (χ3v) is 2.54. The maximum atomic E-state index is 9.04. The highest BCUT2D eigenvalue weighted by Crippen LogP contribution is 2.24. The molecule has 0 saturated carbocycles. The first-order chi connectivity index (χ1) is 8.19. The molecular formula is C14H15NO2. The van der Waals surface area contributed by atoms with Gasteiger partial charge in [-0.1, -0.05) is 12.1 Å². The lowest BCUT2D eigenvalue weighted by atomic mass is 10.1. The van der Waals surface area contributed by atoms with E-state index in [2.05, 4.69) is 4.98 Å². The predicted octanol–water partition coefficient (Wildman–Crippen LogP) is 2.98. The molecule has 0 saturated heterocycles. The molecule has 0 radical (unpaired) electrons. The Bertz CT molecular complexity index is 523. The van der Waals surface area contributed by atoms with Crippen LogP contribution in [0.5, 0.6) is 11.6 Å². The molecule has 1 aromatic heterocycles. The molecule has 0 atom stereocenters. The summed E-state index contributed by atoms with van der Waals surface area (Å²) < 4.78 is 5.71. The maximum Gasteiger partial charge on any atom is 0.219 e. The van der Waals surface area contributed by atoms with Gasteiger partial charge in [0.25, 0.3) is 0 Å². The number of nitrogens with zero attached hydrogens (tertiary/aromatic N) is 1. The number of benzene rings is 1. The highest BCUT2D eigenvalue weighted by Gasteiger charge is 2.03. The smallest absolute Gasteiger partial charge is 0.219 e. The SMILES string of the molecule is Cc1ccc(C)c(Oc2cc(CO)ccn2)c1. The number of aliphatic hydroxyl groups excluding tert-OH is 1. The fraction of sp³-hybridized carbons (Fsp3) is 0.214. The van der Waals surface area contributed by atoms with Crippen LogP contribution in [0.1, 0.15) is 16.7 Å². The van der Waals surface area contributed by atoms with Gasteiger partial charge in [0.1, 0.15) is 5.75 Å². The van der Waals surface area contributed by atoms with Crippen LogP contribution in [0.2, 0.25) is 0 Å². The third kappa shape index (κ3) is 2.82. The Morgan fingerprint density at radius 1 is 1.18 bits per heavy atom. The number of ether oxygens (including phenoxy) is 1. The average Bonchev–Trinajstić information content (AvgIpc) is 2.34. The lowest BCUT2D eigenvalue weighted by Gasteiger charge is -2.09. The first-order valence-electron chi connectivity index (χ1n) is 5.50. The highest BCUT2D eigenvalue weighted by atomic mass is 16.5. The molecule has 2 rings (SSSR count). The molecule has 0 aliphatic heterocycles.